The van der Waals surface area contributed by atoms with Crippen LogP contribution in [-0.4, -0.2) is 19.3 Å². The van der Waals surface area contributed by atoms with Crippen molar-refractivity contribution in [1.82, 2.24) is 5.32 Å². The third kappa shape index (κ3) is 6.20. The number of ether oxygens (including phenoxy) is 1. The molecule has 0 aliphatic carbocycles. The average molecular weight is 300 g/mol. The van der Waals surface area contributed by atoms with Crippen molar-refractivity contribution in [3.8, 4) is 0 Å². The Morgan fingerprint density at radius 1 is 1.35 bits per heavy atom. The van der Waals surface area contributed by atoms with Crippen LogP contribution in [0.3, 0.4) is 0 Å². The van der Waals surface area contributed by atoms with E-state index in [4.69, 9.17) is 4.74 Å². The van der Waals surface area contributed by atoms with E-state index in [-0.39, 0.29) is 0 Å². The first-order valence-corrected chi connectivity index (χ1v) is 6.96. The Balaban J connectivity index is 2.16. The molecule has 0 radical (unpaired) electrons. The summed E-state index contributed by atoms with van der Waals surface area (Å²) in [5.74, 6) is 0. The predicted octanol–water partition coefficient (Wildman–Crippen LogP) is 3.66. The molecule has 0 heterocycles. The molecule has 0 amide bonds. The second kappa shape index (κ2) is 7.85. The molecule has 96 valence electrons. The van der Waals surface area contributed by atoms with Crippen LogP contribution in [0.5, 0.6) is 0 Å². The molecule has 1 rings (SSSR count). The molecule has 17 heavy (non-hydrogen) atoms. The van der Waals surface area contributed by atoms with E-state index in [9.17, 15) is 0 Å². The average Bonchev–Trinajstić information content (AvgIpc) is 2.27. The molecule has 1 aromatic carbocycles. The van der Waals surface area contributed by atoms with Crippen molar-refractivity contribution in [2.75, 3.05) is 13.2 Å². The lowest BCUT2D eigenvalue weighted by Crippen LogP contribution is -2.17. The lowest BCUT2D eigenvalue weighted by Gasteiger charge is -2.09. The number of rotatable bonds is 7. The van der Waals surface area contributed by atoms with Gasteiger partial charge in [-0.2, -0.15) is 0 Å². The van der Waals surface area contributed by atoms with Crippen LogP contribution in [0.15, 0.2) is 22.7 Å². The van der Waals surface area contributed by atoms with Crippen LogP contribution < -0.4 is 5.32 Å². The molecule has 2 nitrogen and oxygen atoms in total. The molecule has 0 fully saturated rings. The lowest BCUT2D eigenvalue weighted by atomic mass is 10.1. The van der Waals surface area contributed by atoms with Crippen LogP contribution in [-0.2, 0) is 11.3 Å². The summed E-state index contributed by atoms with van der Waals surface area (Å²) in [6, 6.07) is 6.48. The van der Waals surface area contributed by atoms with E-state index in [1.807, 2.05) is 0 Å². The van der Waals surface area contributed by atoms with E-state index in [2.05, 4.69) is 60.2 Å². The zero-order valence-electron chi connectivity index (χ0n) is 10.9. The number of benzene rings is 1. The first-order valence-electron chi connectivity index (χ1n) is 6.17. The second-order valence-corrected chi connectivity index (χ2v) is 5.39. The van der Waals surface area contributed by atoms with E-state index < -0.39 is 0 Å². The molecule has 3 heteroatoms. The molecule has 0 spiro atoms. The van der Waals surface area contributed by atoms with Gasteiger partial charge in [-0.05, 0) is 50.9 Å². The first kappa shape index (κ1) is 14.7. The normalized spacial score (nSPS) is 11.1. The molecular weight excluding hydrogens is 278 g/mol. The van der Waals surface area contributed by atoms with Crippen molar-refractivity contribution in [3.05, 3.63) is 33.8 Å². The van der Waals surface area contributed by atoms with Crippen LogP contribution in [0.2, 0.25) is 0 Å². The Morgan fingerprint density at radius 3 is 2.76 bits per heavy atom. The summed E-state index contributed by atoms with van der Waals surface area (Å²) in [6.07, 6.45) is 1.40. The molecule has 0 saturated carbocycles. The summed E-state index contributed by atoms with van der Waals surface area (Å²) in [7, 11) is 0. The van der Waals surface area contributed by atoms with Gasteiger partial charge in [0.1, 0.15) is 0 Å². The van der Waals surface area contributed by atoms with Gasteiger partial charge in [-0.3, -0.25) is 0 Å². The molecule has 0 bridgehead atoms. The number of hydrogen-bond donors (Lipinski definition) is 1. The predicted molar refractivity (Wildman–Crippen MR) is 76.3 cm³/mol. The van der Waals surface area contributed by atoms with Crippen LogP contribution >= 0.6 is 15.9 Å². The smallest absolute Gasteiger partial charge is 0.0518 e. The van der Waals surface area contributed by atoms with Crippen molar-refractivity contribution in [2.24, 2.45) is 0 Å². The highest BCUT2D eigenvalue weighted by Crippen LogP contribution is 2.17. The number of nitrogens with one attached hydrogen (secondary N) is 1. The van der Waals surface area contributed by atoms with Crippen LogP contribution in [0.1, 0.15) is 31.4 Å². The summed E-state index contributed by atoms with van der Waals surface area (Å²) in [5, 5.41) is 3.42. The topological polar surface area (TPSA) is 21.3 Å². The summed E-state index contributed by atoms with van der Waals surface area (Å²) in [6.45, 7) is 8.99. The van der Waals surface area contributed by atoms with Crippen molar-refractivity contribution in [3.63, 3.8) is 0 Å². The van der Waals surface area contributed by atoms with Crippen molar-refractivity contribution in [1.29, 1.82) is 0 Å². The van der Waals surface area contributed by atoms with Crippen molar-refractivity contribution < 1.29 is 4.74 Å². The standard InChI is InChI=1S/C14H22BrNO/c1-11(2)17-8-4-7-16-10-13-6-5-12(3)14(15)9-13/h5-6,9,11,16H,4,7-8,10H2,1-3H3. The van der Waals surface area contributed by atoms with Gasteiger partial charge in [0.2, 0.25) is 0 Å². The van der Waals surface area contributed by atoms with Gasteiger partial charge in [-0.15, -0.1) is 0 Å². The van der Waals surface area contributed by atoms with E-state index in [0.717, 1.165) is 26.1 Å². The summed E-state index contributed by atoms with van der Waals surface area (Å²) in [5.41, 5.74) is 2.59. The molecule has 0 aliphatic heterocycles. The largest absolute Gasteiger partial charge is 0.379 e. The Bertz CT molecular complexity index is 339. The molecule has 0 aliphatic rings. The monoisotopic (exact) mass is 299 g/mol. The summed E-state index contributed by atoms with van der Waals surface area (Å²) < 4.78 is 6.66. The minimum atomic E-state index is 0.336. The minimum Gasteiger partial charge on any atom is -0.379 e. The molecule has 0 aromatic heterocycles. The zero-order chi connectivity index (χ0) is 12.7. The molecular formula is C14H22BrNO. The van der Waals surface area contributed by atoms with Gasteiger partial charge in [0.25, 0.3) is 0 Å². The maximum atomic E-state index is 5.48. The highest BCUT2D eigenvalue weighted by Gasteiger charge is 1.97. The van der Waals surface area contributed by atoms with E-state index >= 15 is 0 Å². The van der Waals surface area contributed by atoms with E-state index in [1.54, 1.807) is 0 Å². The van der Waals surface area contributed by atoms with Crippen LogP contribution in [0, 0.1) is 6.92 Å². The first-order chi connectivity index (χ1) is 8.09. The van der Waals surface area contributed by atoms with Gasteiger partial charge in [-0.1, -0.05) is 28.1 Å². The third-order valence-electron chi connectivity index (χ3n) is 2.51. The highest BCUT2D eigenvalue weighted by molar-refractivity contribution is 9.10. The van der Waals surface area contributed by atoms with Gasteiger partial charge in [0.15, 0.2) is 0 Å². The van der Waals surface area contributed by atoms with Crippen LogP contribution in [0.4, 0.5) is 0 Å². The molecule has 1 N–H and O–H groups in total. The maximum Gasteiger partial charge on any atom is 0.0518 e. The number of aryl methyl sites for hydroxylation is 1. The molecule has 0 unspecified atom stereocenters. The van der Waals surface area contributed by atoms with Crippen molar-refractivity contribution >= 4 is 15.9 Å². The van der Waals surface area contributed by atoms with Gasteiger partial charge < -0.3 is 10.1 Å². The van der Waals surface area contributed by atoms with Crippen LogP contribution in [0.25, 0.3) is 0 Å². The summed E-state index contributed by atoms with van der Waals surface area (Å²) >= 11 is 3.55. The summed E-state index contributed by atoms with van der Waals surface area (Å²) in [4.78, 5) is 0. The number of halogens is 1. The highest BCUT2D eigenvalue weighted by atomic mass is 79.9. The SMILES string of the molecule is Cc1ccc(CNCCCOC(C)C)cc1Br. The Hall–Kier alpha value is -0.380. The molecule has 0 saturated heterocycles. The molecule has 0 atom stereocenters. The van der Waals surface area contributed by atoms with Crippen molar-refractivity contribution in [2.45, 2.75) is 39.8 Å². The van der Waals surface area contributed by atoms with Gasteiger partial charge in [-0.25, -0.2) is 0 Å². The fourth-order valence-corrected chi connectivity index (χ4v) is 1.92. The molecule has 1 aromatic rings. The lowest BCUT2D eigenvalue weighted by molar-refractivity contribution is 0.0770. The Kier molecular flexibility index (Phi) is 6.78. The second-order valence-electron chi connectivity index (χ2n) is 4.53. The Labute approximate surface area is 113 Å². The fraction of sp³-hybridized carbons (Fsp3) is 0.571. The maximum absolute atomic E-state index is 5.48. The van der Waals surface area contributed by atoms with Gasteiger partial charge in [0.05, 0.1) is 6.10 Å². The number of hydrogen-bond acceptors (Lipinski definition) is 2. The van der Waals surface area contributed by atoms with Gasteiger partial charge >= 0.3 is 0 Å². The fourth-order valence-electron chi connectivity index (χ4n) is 1.50. The van der Waals surface area contributed by atoms with E-state index in [1.165, 1.54) is 15.6 Å². The van der Waals surface area contributed by atoms with Gasteiger partial charge in [0, 0.05) is 17.6 Å². The third-order valence-corrected chi connectivity index (χ3v) is 3.37. The minimum absolute atomic E-state index is 0.336. The van der Waals surface area contributed by atoms with E-state index in [0.29, 0.717) is 6.10 Å². The quantitative estimate of drug-likeness (QED) is 0.776. The Morgan fingerprint density at radius 2 is 2.12 bits per heavy atom. The zero-order valence-corrected chi connectivity index (χ0v) is 12.5.